The van der Waals surface area contributed by atoms with Crippen LogP contribution in [0.3, 0.4) is 0 Å². The number of nitrogens with zero attached hydrogens (tertiary/aromatic N) is 3. The second-order valence-electron chi connectivity index (χ2n) is 10.7. The summed E-state index contributed by atoms with van der Waals surface area (Å²) < 4.78 is 7.41. The predicted octanol–water partition coefficient (Wildman–Crippen LogP) is 12.3. The lowest BCUT2D eigenvalue weighted by atomic mass is 10.0. The van der Waals surface area contributed by atoms with Crippen molar-refractivity contribution in [2.45, 2.75) is 61.8 Å². The molecule has 6 nitrogen and oxygen atoms in total. The van der Waals surface area contributed by atoms with E-state index >= 15 is 0 Å². The number of aryl methyl sites for hydroxylation is 1. The maximum absolute atomic E-state index is 10.5. The molecule has 1 fully saturated rings. The quantitative estimate of drug-likeness (QED) is 0.0809. The monoisotopic (exact) mass is 706 g/mol. The van der Waals surface area contributed by atoms with Gasteiger partial charge in [-0.3, -0.25) is 14.1 Å². The molecule has 0 bridgehead atoms. The molecule has 1 aromatic heterocycles. The van der Waals surface area contributed by atoms with E-state index < -0.39 is 0 Å². The molecule has 1 N–H and O–H groups in total. The van der Waals surface area contributed by atoms with Crippen molar-refractivity contribution in [1.82, 2.24) is 4.98 Å². The molecule has 0 atom stereocenters. The molecular weight excluding hydrogens is 649 g/mol. The molecule has 1 saturated heterocycles. The van der Waals surface area contributed by atoms with Crippen LogP contribution < -0.4 is 9.62 Å². The fraction of sp³-hybridized carbons (Fsp3) is 0.295. The fourth-order valence-electron chi connectivity index (χ4n) is 4.44. The third-order valence-corrected chi connectivity index (χ3v) is 8.27. The summed E-state index contributed by atoms with van der Waals surface area (Å²) >= 11 is 1.75. The first kappa shape index (κ1) is 44.3. The molecule has 51 heavy (non-hydrogen) atoms. The number of carbonyl (C=O) groups excluding carboxylic acids is 1. The van der Waals surface area contributed by atoms with Gasteiger partial charge in [-0.05, 0) is 104 Å². The number of carbonyl (C=O) groups is 1. The number of ether oxygens (including phenoxy) is 1. The van der Waals surface area contributed by atoms with Gasteiger partial charge in [0.2, 0.25) is 0 Å². The van der Waals surface area contributed by atoms with Gasteiger partial charge in [-0.25, -0.2) is 4.98 Å². The number of allylic oxidation sites excluding steroid dienone is 5. The minimum Gasteiger partial charge on any atom is -0.388 e. The molecule has 3 aromatic carbocycles. The zero-order chi connectivity index (χ0) is 38.0. The Morgan fingerprint density at radius 1 is 1.02 bits per heavy atom. The maximum atomic E-state index is 10.5. The summed E-state index contributed by atoms with van der Waals surface area (Å²) in [6.45, 7) is 25.2. The number of hydrogen-bond acceptors (Lipinski definition) is 7. The Balaban J connectivity index is 0.000000371. The number of hydrogen-bond donors (Lipinski definition) is 1. The number of rotatable bonds is 9. The molecular formula is C44H58N4O2S. The number of aliphatic imine (C=N–C) groups is 1. The molecule has 0 spiro atoms. The molecule has 272 valence electrons. The van der Waals surface area contributed by atoms with Crippen LogP contribution in [0.15, 0.2) is 133 Å². The third kappa shape index (κ3) is 15.4. The molecule has 0 amide bonds. The van der Waals surface area contributed by atoms with Crippen molar-refractivity contribution in [3.8, 4) is 11.3 Å². The highest BCUT2D eigenvalue weighted by Crippen LogP contribution is 2.27. The van der Waals surface area contributed by atoms with Gasteiger partial charge in [-0.1, -0.05) is 96.3 Å². The lowest BCUT2D eigenvalue weighted by Gasteiger charge is -2.27. The molecule has 5 rings (SSSR count). The molecule has 1 aliphatic rings. The number of benzene rings is 3. The first-order valence-corrected chi connectivity index (χ1v) is 18.6. The van der Waals surface area contributed by atoms with Crippen LogP contribution in [0, 0.1) is 6.92 Å². The van der Waals surface area contributed by atoms with E-state index in [2.05, 4.69) is 84.1 Å². The number of pyridine rings is 1. The highest BCUT2D eigenvalue weighted by molar-refractivity contribution is 8.00. The van der Waals surface area contributed by atoms with Gasteiger partial charge in [0, 0.05) is 52.6 Å². The third-order valence-electron chi connectivity index (χ3n) is 7.29. The van der Waals surface area contributed by atoms with E-state index in [1.807, 2.05) is 103 Å². The van der Waals surface area contributed by atoms with Gasteiger partial charge in [-0.15, -0.1) is 0 Å². The van der Waals surface area contributed by atoms with Gasteiger partial charge in [-0.2, -0.15) is 0 Å². The van der Waals surface area contributed by atoms with E-state index in [9.17, 15) is 4.79 Å². The second-order valence-corrected chi connectivity index (χ2v) is 11.8. The van der Waals surface area contributed by atoms with Gasteiger partial charge in [0.25, 0.3) is 0 Å². The topological polar surface area (TPSA) is 66.8 Å². The highest BCUT2D eigenvalue weighted by Gasteiger charge is 2.11. The van der Waals surface area contributed by atoms with Crippen molar-refractivity contribution >= 4 is 46.2 Å². The summed E-state index contributed by atoms with van der Waals surface area (Å²) in [4.78, 5) is 19.5. The van der Waals surface area contributed by atoms with E-state index in [1.165, 1.54) is 16.5 Å². The van der Waals surface area contributed by atoms with Crippen LogP contribution in [-0.2, 0) is 4.74 Å². The van der Waals surface area contributed by atoms with Gasteiger partial charge in [0.15, 0.2) is 0 Å². The van der Waals surface area contributed by atoms with Gasteiger partial charge < -0.3 is 10.1 Å². The van der Waals surface area contributed by atoms with Crippen molar-refractivity contribution < 1.29 is 9.53 Å². The van der Waals surface area contributed by atoms with E-state index in [0.29, 0.717) is 12.3 Å². The van der Waals surface area contributed by atoms with Crippen molar-refractivity contribution in [3.63, 3.8) is 0 Å². The number of nitrogens with one attached hydrogen (secondary N) is 1. The lowest BCUT2D eigenvalue weighted by molar-refractivity contribution is 0.112. The van der Waals surface area contributed by atoms with Crippen LogP contribution in [0.4, 0.5) is 11.4 Å². The summed E-state index contributed by atoms with van der Waals surface area (Å²) in [5.74, 6) is 0.982. The van der Waals surface area contributed by atoms with Crippen LogP contribution in [0.5, 0.6) is 0 Å². The summed E-state index contributed by atoms with van der Waals surface area (Å²) in [6.07, 6.45) is 9.39. The van der Waals surface area contributed by atoms with Crippen LogP contribution in [0.1, 0.15) is 70.8 Å². The SMILES string of the molecule is C=C/C=C(/C)C(=C)C(C)=N/C=C\CC.CC.CC.CNc1ccc(C)c(-c2ccc3ccccc3n2)c1.O=Cc1ccc(N2COCCS2)cc1. The largest absolute Gasteiger partial charge is 0.388 e. The molecule has 0 radical (unpaired) electrons. The van der Waals surface area contributed by atoms with Crippen LogP contribution in [0.2, 0.25) is 0 Å². The van der Waals surface area contributed by atoms with Crippen LogP contribution in [0.25, 0.3) is 22.2 Å². The van der Waals surface area contributed by atoms with Crippen molar-refractivity contribution in [2.24, 2.45) is 4.99 Å². The first-order valence-electron chi connectivity index (χ1n) is 17.7. The lowest BCUT2D eigenvalue weighted by Crippen LogP contribution is -2.25. The Morgan fingerprint density at radius 2 is 1.73 bits per heavy atom. The Hall–Kier alpha value is -4.72. The first-order chi connectivity index (χ1) is 24.8. The van der Waals surface area contributed by atoms with Gasteiger partial charge in [0.1, 0.15) is 13.0 Å². The molecule has 0 unspecified atom stereocenters. The number of aldehydes is 1. The van der Waals surface area contributed by atoms with Gasteiger partial charge >= 0.3 is 0 Å². The zero-order valence-corrected chi connectivity index (χ0v) is 33.0. The zero-order valence-electron chi connectivity index (χ0n) is 32.2. The van der Waals surface area contributed by atoms with Crippen LogP contribution >= 0.6 is 11.9 Å². The summed E-state index contributed by atoms with van der Waals surface area (Å²) in [6, 6.07) is 26.3. The fourth-order valence-corrected chi connectivity index (χ4v) is 5.27. The van der Waals surface area contributed by atoms with Crippen molar-refractivity contribution in [3.05, 3.63) is 139 Å². The second kappa shape index (κ2) is 26.1. The number of anilines is 2. The maximum Gasteiger partial charge on any atom is 0.150 e. The molecule has 0 saturated carbocycles. The van der Waals surface area contributed by atoms with E-state index in [0.717, 1.165) is 64.5 Å². The smallest absolute Gasteiger partial charge is 0.150 e. The molecule has 1 aliphatic heterocycles. The summed E-state index contributed by atoms with van der Waals surface area (Å²) in [5, 5.41) is 4.35. The molecule has 7 heteroatoms. The average molecular weight is 707 g/mol. The Morgan fingerprint density at radius 3 is 2.33 bits per heavy atom. The minimum atomic E-state index is 0.616. The number of aromatic nitrogens is 1. The summed E-state index contributed by atoms with van der Waals surface area (Å²) in [7, 11) is 1.93. The summed E-state index contributed by atoms with van der Waals surface area (Å²) in [5.41, 5.74) is 10.4. The normalized spacial score (nSPS) is 12.5. The standard InChI is InChI=1S/C17H16N2.C13H19N.C10H11NO2S.2C2H6/c1-12-7-9-14(18-2)11-15(12)17-10-8-13-5-3-4-6-16(13)19-17;1-6-8-10-14-13(5)12(4)11(3)9-7-2;12-7-9-1-3-10(4-2-9)11-8-13-5-6-14-11;2*1-2/h3-11,18H,1-2H3;7-10H,2,4,6H2,1,3,5H3;1-4,7H,5-6,8H2;2*1-2H3/b;10-8-,11-9-,14-13?;;;. The Labute approximate surface area is 312 Å². The Bertz CT molecular complexity index is 1720. The Kier molecular flexibility index (Phi) is 22.7. The average Bonchev–Trinajstić information content (AvgIpc) is 3.20. The van der Waals surface area contributed by atoms with Crippen molar-refractivity contribution in [2.75, 3.05) is 35.8 Å². The minimum absolute atomic E-state index is 0.616. The molecule has 2 heterocycles. The predicted molar refractivity (Wildman–Crippen MR) is 227 cm³/mol. The molecule has 0 aliphatic carbocycles. The highest BCUT2D eigenvalue weighted by atomic mass is 32.2. The van der Waals surface area contributed by atoms with E-state index in [1.54, 1.807) is 18.0 Å². The number of para-hydroxylation sites is 1. The number of fused-ring (bicyclic) bond motifs is 1. The van der Waals surface area contributed by atoms with Gasteiger partial charge in [0.05, 0.1) is 17.8 Å². The van der Waals surface area contributed by atoms with Crippen LogP contribution in [-0.4, -0.2) is 43.1 Å². The van der Waals surface area contributed by atoms with Crippen molar-refractivity contribution in [1.29, 1.82) is 0 Å². The van der Waals surface area contributed by atoms with E-state index in [4.69, 9.17) is 9.72 Å². The molecule has 4 aromatic rings. The van der Waals surface area contributed by atoms with E-state index in [-0.39, 0.29) is 0 Å².